The Morgan fingerprint density at radius 2 is 1.85 bits per heavy atom. The number of nitrogens with zero attached hydrogens (tertiary/aromatic N) is 1. The van der Waals surface area contributed by atoms with Crippen LogP contribution in [0.4, 0.5) is 5.69 Å². The molecule has 4 heteroatoms. The summed E-state index contributed by atoms with van der Waals surface area (Å²) < 4.78 is 6.84. The van der Waals surface area contributed by atoms with Crippen LogP contribution in [0.1, 0.15) is 5.56 Å². The molecular formula is C16H13BrN2O. The minimum Gasteiger partial charge on any atom is -0.486 e. The number of pyridine rings is 1. The lowest BCUT2D eigenvalue weighted by Gasteiger charge is -2.11. The maximum absolute atomic E-state index is 5.97. The fraction of sp³-hybridized carbons (Fsp3) is 0.0625. The Labute approximate surface area is 125 Å². The first-order chi connectivity index (χ1) is 9.75. The molecule has 0 spiro atoms. The zero-order chi connectivity index (χ0) is 13.9. The van der Waals surface area contributed by atoms with Gasteiger partial charge >= 0.3 is 0 Å². The Morgan fingerprint density at radius 1 is 1.05 bits per heavy atom. The lowest BCUT2D eigenvalue weighted by molar-refractivity contribution is 0.309. The Hall–Kier alpha value is -2.07. The molecule has 0 aliphatic rings. The van der Waals surface area contributed by atoms with E-state index in [9.17, 15) is 0 Å². The zero-order valence-electron chi connectivity index (χ0n) is 10.7. The molecule has 2 aromatic carbocycles. The Morgan fingerprint density at radius 3 is 2.70 bits per heavy atom. The maximum atomic E-state index is 5.97. The van der Waals surface area contributed by atoms with Gasteiger partial charge in [-0.2, -0.15) is 0 Å². The van der Waals surface area contributed by atoms with Crippen molar-refractivity contribution in [2.75, 3.05) is 5.73 Å². The molecule has 1 heterocycles. The van der Waals surface area contributed by atoms with Crippen molar-refractivity contribution >= 4 is 32.5 Å². The number of benzene rings is 2. The summed E-state index contributed by atoms with van der Waals surface area (Å²) in [7, 11) is 0. The van der Waals surface area contributed by atoms with Crippen molar-refractivity contribution in [3.05, 3.63) is 64.8 Å². The van der Waals surface area contributed by atoms with Crippen molar-refractivity contribution in [1.29, 1.82) is 0 Å². The number of para-hydroxylation sites is 1. The van der Waals surface area contributed by atoms with Crippen LogP contribution in [0.2, 0.25) is 0 Å². The molecular weight excluding hydrogens is 316 g/mol. The smallest absolute Gasteiger partial charge is 0.146 e. The van der Waals surface area contributed by atoms with Gasteiger partial charge in [-0.25, -0.2) is 0 Å². The molecule has 3 aromatic rings. The van der Waals surface area contributed by atoms with Gasteiger partial charge in [-0.3, -0.25) is 4.98 Å². The molecule has 0 saturated heterocycles. The molecule has 0 unspecified atom stereocenters. The molecule has 1 aromatic heterocycles. The van der Waals surface area contributed by atoms with Gasteiger partial charge in [0.05, 0.1) is 0 Å². The number of halogens is 1. The van der Waals surface area contributed by atoms with E-state index in [4.69, 9.17) is 10.5 Å². The summed E-state index contributed by atoms with van der Waals surface area (Å²) in [5.41, 5.74) is 8.49. The van der Waals surface area contributed by atoms with Crippen molar-refractivity contribution in [3.8, 4) is 5.75 Å². The molecule has 0 fully saturated rings. The van der Waals surface area contributed by atoms with E-state index < -0.39 is 0 Å². The molecule has 0 aliphatic heterocycles. The second kappa shape index (κ2) is 5.51. The number of hydrogen-bond donors (Lipinski definition) is 1. The highest BCUT2D eigenvalue weighted by Gasteiger charge is 2.07. The topological polar surface area (TPSA) is 48.1 Å². The molecule has 0 radical (unpaired) electrons. The standard InChI is InChI=1S/C16H13BrN2O/c17-13-6-2-7-14(18)12(13)10-20-15-8-1-4-11-5-3-9-19-16(11)15/h1-9H,10,18H2. The number of nitrogens with two attached hydrogens (primary N) is 1. The fourth-order valence-electron chi connectivity index (χ4n) is 2.07. The normalized spacial score (nSPS) is 10.7. The van der Waals surface area contributed by atoms with E-state index in [1.54, 1.807) is 6.20 Å². The van der Waals surface area contributed by atoms with E-state index in [0.29, 0.717) is 12.3 Å². The Kier molecular flexibility index (Phi) is 3.56. The molecule has 0 bridgehead atoms. The van der Waals surface area contributed by atoms with E-state index in [-0.39, 0.29) is 0 Å². The zero-order valence-corrected chi connectivity index (χ0v) is 12.3. The van der Waals surface area contributed by atoms with Crippen LogP contribution in [0.3, 0.4) is 0 Å². The van der Waals surface area contributed by atoms with Crippen LogP contribution < -0.4 is 10.5 Å². The number of anilines is 1. The van der Waals surface area contributed by atoms with Crippen LogP contribution in [0.5, 0.6) is 5.75 Å². The van der Waals surface area contributed by atoms with E-state index in [0.717, 1.165) is 26.7 Å². The highest BCUT2D eigenvalue weighted by molar-refractivity contribution is 9.10. The van der Waals surface area contributed by atoms with Crippen LogP contribution in [0.15, 0.2) is 59.2 Å². The van der Waals surface area contributed by atoms with E-state index in [2.05, 4.69) is 20.9 Å². The summed E-state index contributed by atoms with van der Waals surface area (Å²) >= 11 is 3.49. The van der Waals surface area contributed by atoms with Gasteiger partial charge in [-0.15, -0.1) is 0 Å². The minimum absolute atomic E-state index is 0.406. The average molecular weight is 329 g/mol. The predicted molar refractivity (Wildman–Crippen MR) is 84.6 cm³/mol. The Bertz CT molecular complexity index is 733. The van der Waals surface area contributed by atoms with Crippen molar-refractivity contribution in [3.63, 3.8) is 0 Å². The summed E-state index contributed by atoms with van der Waals surface area (Å²) in [6.07, 6.45) is 1.77. The predicted octanol–water partition coefficient (Wildman–Crippen LogP) is 4.16. The second-order valence-electron chi connectivity index (χ2n) is 4.43. The van der Waals surface area contributed by atoms with Gasteiger partial charge in [-0.1, -0.05) is 40.2 Å². The second-order valence-corrected chi connectivity index (χ2v) is 5.28. The summed E-state index contributed by atoms with van der Waals surface area (Å²) in [4.78, 5) is 4.37. The first-order valence-corrected chi connectivity index (χ1v) is 7.04. The molecule has 0 amide bonds. The number of hydrogen-bond acceptors (Lipinski definition) is 3. The minimum atomic E-state index is 0.406. The third-order valence-corrected chi connectivity index (χ3v) is 3.87. The summed E-state index contributed by atoms with van der Waals surface area (Å²) in [5.74, 6) is 0.762. The van der Waals surface area contributed by atoms with Gasteiger partial charge in [0.15, 0.2) is 0 Å². The van der Waals surface area contributed by atoms with Gasteiger partial charge < -0.3 is 10.5 Å². The largest absolute Gasteiger partial charge is 0.486 e. The average Bonchev–Trinajstić information content (AvgIpc) is 2.47. The molecule has 0 saturated carbocycles. The third kappa shape index (κ3) is 2.47. The number of nitrogen functional groups attached to an aromatic ring is 1. The Balaban J connectivity index is 1.91. The summed E-state index contributed by atoms with van der Waals surface area (Å²) in [6, 6.07) is 15.6. The van der Waals surface area contributed by atoms with E-state index in [1.807, 2.05) is 48.5 Å². The summed E-state index contributed by atoms with van der Waals surface area (Å²) in [6.45, 7) is 0.406. The first kappa shape index (κ1) is 12.9. The van der Waals surface area contributed by atoms with Crippen molar-refractivity contribution in [2.24, 2.45) is 0 Å². The van der Waals surface area contributed by atoms with Gasteiger partial charge in [0.1, 0.15) is 17.9 Å². The monoisotopic (exact) mass is 328 g/mol. The van der Waals surface area contributed by atoms with E-state index in [1.165, 1.54) is 0 Å². The van der Waals surface area contributed by atoms with Crippen LogP contribution in [0, 0.1) is 0 Å². The van der Waals surface area contributed by atoms with Crippen molar-refractivity contribution in [2.45, 2.75) is 6.61 Å². The number of aromatic nitrogens is 1. The maximum Gasteiger partial charge on any atom is 0.146 e. The van der Waals surface area contributed by atoms with Gasteiger partial charge in [-0.05, 0) is 24.3 Å². The highest BCUT2D eigenvalue weighted by atomic mass is 79.9. The lowest BCUT2D eigenvalue weighted by Crippen LogP contribution is -2.01. The summed E-state index contributed by atoms with van der Waals surface area (Å²) in [5, 5.41) is 1.06. The lowest BCUT2D eigenvalue weighted by atomic mass is 10.2. The van der Waals surface area contributed by atoms with Gasteiger partial charge in [0, 0.05) is 27.3 Å². The molecule has 3 nitrogen and oxygen atoms in total. The van der Waals surface area contributed by atoms with Crippen LogP contribution in [0.25, 0.3) is 10.9 Å². The third-order valence-electron chi connectivity index (χ3n) is 3.12. The highest BCUT2D eigenvalue weighted by Crippen LogP contribution is 2.27. The van der Waals surface area contributed by atoms with Crippen LogP contribution in [-0.2, 0) is 6.61 Å². The molecule has 2 N–H and O–H groups in total. The number of rotatable bonds is 3. The molecule has 0 aliphatic carbocycles. The quantitative estimate of drug-likeness (QED) is 0.734. The number of fused-ring (bicyclic) bond motifs is 1. The first-order valence-electron chi connectivity index (χ1n) is 6.25. The fourth-order valence-corrected chi connectivity index (χ4v) is 2.57. The van der Waals surface area contributed by atoms with E-state index >= 15 is 0 Å². The molecule has 0 atom stereocenters. The van der Waals surface area contributed by atoms with Crippen molar-refractivity contribution < 1.29 is 4.74 Å². The van der Waals surface area contributed by atoms with Crippen LogP contribution >= 0.6 is 15.9 Å². The molecule has 100 valence electrons. The molecule has 20 heavy (non-hydrogen) atoms. The number of ether oxygens (including phenoxy) is 1. The van der Waals surface area contributed by atoms with Gasteiger partial charge in [0.25, 0.3) is 0 Å². The van der Waals surface area contributed by atoms with Gasteiger partial charge in [0.2, 0.25) is 0 Å². The molecule has 3 rings (SSSR count). The SMILES string of the molecule is Nc1cccc(Br)c1COc1cccc2cccnc12. The van der Waals surface area contributed by atoms with Crippen molar-refractivity contribution in [1.82, 2.24) is 4.98 Å². The van der Waals surface area contributed by atoms with Crippen LogP contribution in [-0.4, -0.2) is 4.98 Å².